The molecule has 1 aliphatic heterocycles. The van der Waals surface area contributed by atoms with Gasteiger partial charge in [-0.15, -0.1) is 0 Å². The van der Waals surface area contributed by atoms with Crippen LogP contribution in [0.25, 0.3) is 0 Å². The SMILES string of the molecule is Cc1cc2c(cc1C(=O)C(C#N)C(C)C)OCO2. The highest BCUT2D eigenvalue weighted by molar-refractivity contribution is 6.01. The average molecular weight is 245 g/mol. The molecule has 1 unspecified atom stereocenters. The third-order valence-corrected chi connectivity index (χ3v) is 3.07. The maximum Gasteiger partial charge on any atom is 0.231 e. The lowest BCUT2D eigenvalue weighted by molar-refractivity contribution is 0.0923. The minimum Gasteiger partial charge on any atom is -0.454 e. The Kier molecular flexibility index (Phi) is 3.24. The van der Waals surface area contributed by atoms with E-state index in [1.807, 2.05) is 20.8 Å². The monoisotopic (exact) mass is 245 g/mol. The van der Waals surface area contributed by atoms with E-state index in [0.717, 1.165) is 5.56 Å². The molecule has 0 aliphatic carbocycles. The van der Waals surface area contributed by atoms with Crippen LogP contribution in [0.2, 0.25) is 0 Å². The average Bonchev–Trinajstić information content (AvgIpc) is 2.75. The Balaban J connectivity index is 2.40. The first-order chi connectivity index (χ1) is 8.54. The number of Topliss-reactive ketones (excluding diaryl/α,β-unsaturated/α-hetero) is 1. The minimum absolute atomic E-state index is 0.00711. The standard InChI is InChI=1S/C14H15NO3/c1-8(2)11(6-15)14(16)10-5-13-12(4-9(10)3)17-7-18-13/h4-5,8,11H,7H2,1-3H3. The molecule has 4 heteroatoms. The van der Waals surface area contributed by atoms with Crippen LogP contribution in [0.5, 0.6) is 11.5 Å². The van der Waals surface area contributed by atoms with Gasteiger partial charge in [0.25, 0.3) is 0 Å². The molecular weight excluding hydrogens is 230 g/mol. The van der Waals surface area contributed by atoms with Gasteiger partial charge in [-0.05, 0) is 30.5 Å². The smallest absolute Gasteiger partial charge is 0.231 e. The molecule has 1 aromatic carbocycles. The molecule has 1 atom stereocenters. The van der Waals surface area contributed by atoms with Crippen LogP contribution in [0.15, 0.2) is 12.1 Å². The number of aryl methyl sites for hydroxylation is 1. The minimum atomic E-state index is -0.621. The maximum atomic E-state index is 12.3. The fourth-order valence-corrected chi connectivity index (χ4v) is 1.99. The van der Waals surface area contributed by atoms with Gasteiger partial charge in [-0.25, -0.2) is 0 Å². The second kappa shape index (κ2) is 4.69. The summed E-state index contributed by atoms with van der Waals surface area (Å²) >= 11 is 0. The van der Waals surface area contributed by atoms with Gasteiger partial charge in [-0.3, -0.25) is 4.79 Å². The summed E-state index contributed by atoms with van der Waals surface area (Å²) in [5.41, 5.74) is 1.35. The lowest BCUT2D eigenvalue weighted by Crippen LogP contribution is -2.19. The van der Waals surface area contributed by atoms with Crippen molar-refractivity contribution in [3.8, 4) is 17.6 Å². The molecule has 0 radical (unpaired) electrons. The summed E-state index contributed by atoms with van der Waals surface area (Å²) in [6.45, 7) is 5.75. The van der Waals surface area contributed by atoms with Crippen molar-refractivity contribution in [1.29, 1.82) is 5.26 Å². The van der Waals surface area contributed by atoms with E-state index in [9.17, 15) is 4.79 Å². The van der Waals surface area contributed by atoms with E-state index >= 15 is 0 Å². The van der Waals surface area contributed by atoms with Crippen LogP contribution in [-0.4, -0.2) is 12.6 Å². The van der Waals surface area contributed by atoms with Gasteiger partial charge < -0.3 is 9.47 Å². The fourth-order valence-electron chi connectivity index (χ4n) is 1.99. The first-order valence-corrected chi connectivity index (χ1v) is 5.88. The van der Waals surface area contributed by atoms with E-state index in [-0.39, 0.29) is 18.5 Å². The Labute approximate surface area is 106 Å². The van der Waals surface area contributed by atoms with Gasteiger partial charge in [-0.2, -0.15) is 5.26 Å². The van der Waals surface area contributed by atoms with E-state index in [2.05, 4.69) is 6.07 Å². The van der Waals surface area contributed by atoms with E-state index in [1.165, 1.54) is 0 Å². The van der Waals surface area contributed by atoms with Crippen molar-refractivity contribution < 1.29 is 14.3 Å². The number of ether oxygens (including phenoxy) is 2. The van der Waals surface area contributed by atoms with Crippen LogP contribution in [0, 0.1) is 30.1 Å². The van der Waals surface area contributed by atoms with Crippen molar-refractivity contribution in [3.05, 3.63) is 23.3 Å². The van der Waals surface area contributed by atoms with Crippen LogP contribution >= 0.6 is 0 Å². The summed E-state index contributed by atoms with van der Waals surface area (Å²) in [6.07, 6.45) is 0. The van der Waals surface area contributed by atoms with Crippen LogP contribution < -0.4 is 9.47 Å². The zero-order chi connectivity index (χ0) is 13.3. The number of benzene rings is 1. The lowest BCUT2D eigenvalue weighted by atomic mass is 9.87. The van der Waals surface area contributed by atoms with E-state index in [1.54, 1.807) is 12.1 Å². The van der Waals surface area contributed by atoms with Crippen molar-refractivity contribution in [2.45, 2.75) is 20.8 Å². The topological polar surface area (TPSA) is 59.3 Å². The number of fused-ring (bicyclic) bond motifs is 1. The van der Waals surface area contributed by atoms with Crippen molar-refractivity contribution in [2.24, 2.45) is 11.8 Å². The molecule has 0 saturated heterocycles. The zero-order valence-electron chi connectivity index (χ0n) is 10.7. The third-order valence-electron chi connectivity index (χ3n) is 3.07. The van der Waals surface area contributed by atoms with E-state index in [0.29, 0.717) is 17.1 Å². The van der Waals surface area contributed by atoms with Crippen molar-refractivity contribution >= 4 is 5.78 Å². The number of carbonyl (C=O) groups excluding carboxylic acids is 1. The van der Waals surface area contributed by atoms with Crippen LogP contribution in [-0.2, 0) is 0 Å². The molecule has 94 valence electrons. The molecule has 4 nitrogen and oxygen atoms in total. The number of rotatable bonds is 3. The summed E-state index contributed by atoms with van der Waals surface area (Å²) in [4.78, 5) is 12.3. The molecular formula is C14H15NO3. The van der Waals surface area contributed by atoms with Crippen LogP contribution in [0.1, 0.15) is 29.8 Å². The molecule has 1 aromatic rings. The molecule has 0 bridgehead atoms. The highest BCUT2D eigenvalue weighted by Gasteiger charge is 2.26. The second-order valence-corrected chi connectivity index (χ2v) is 4.74. The fraction of sp³-hybridized carbons (Fsp3) is 0.429. The summed E-state index contributed by atoms with van der Waals surface area (Å²) < 4.78 is 10.5. The highest BCUT2D eigenvalue weighted by atomic mass is 16.7. The maximum absolute atomic E-state index is 12.3. The number of carbonyl (C=O) groups is 1. The third kappa shape index (κ3) is 2.04. The molecule has 0 saturated carbocycles. The molecule has 0 amide bonds. The lowest BCUT2D eigenvalue weighted by Gasteiger charge is -2.13. The summed E-state index contributed by atoms with van der Waals surface area (Å²) in [5, 5.41) is 9.09. The Morgan fingerprint density at radius 2 is 1.94 bits per heavy atom. The molecule has 0 aromatic heterocycles. The normalized spacial score (nSPS) is 14.4. The second-order valence-electron chi connectivity index (χ2n) is 4.74. The summed E-state index contributed by atoms with van der Waals surface area (Å²) in [5.74, 6) is 0.450. The van der Waals surface area contributed by atoms with Gasteiger partial charge in [0.1, 0.15) is 5.92 Å². The quantitative estimate of drug-likeness (QED) is 0.768. The molecule has 2 rings (SSSR count). The Morgan fingerprint density at radius 3 is 2.50 bits per heavy atom. The first-order valence-electron chi connectivity index (χ1n) is 5.88. The van der Waals surface area contributed by atoms with Crippen LogP contribution in [0.3, 0.4) is 0 Å². The largest absolute Gasteiger partial charge is 0.454 e. The van der Waals surface area contributed by atoms with Gasteiger partial charge in [0.15, 0.2) is 17.3 Å². The molecule has 0 spiro atoms. The summed E-state index contributed by atoms with van der Waals surface area (Å²) in [6, 6.07) is 5.53. The number of nitriles is 1. The molecule has 1 heterocycles. The zero-order valence-corrected chi connectivity index (χ0v) is 10.7. The Morgan fingerprint density at radius 1 is 1.33 bits per heavy atom. The van der Waals surface area contributed by atoms with Gasteiger partial charge in [0, 0.05) is 5.56 Å². The Bertz CT molecular complexity index is 529. The number of nitrogens with zero attached hydrogens (tertiary/aromatic N) is 1. The van der Waals surface area contributed by atoms with Gasteiger partial charge in [0.05, 0.1) is 6.07 Å². The van der Waals surface area contributed by atoms with Crippen LogP contribution in [0.4, 0.5) is 0 Å². The van der Waals surface area contributed by atoms with Gasteiger partial charge >= 0.3 is 0 Å². The Hall–Kier alpha value is -2.02. The van der Waals surface area contributed by atoms with E-state index in [4.69, 9.17) is 14.7 Å². The predicted octanol–water partition coefficient (Wildman–Crippen LogP) is 2.70. The number of hydrogen-bond donors (Lipinski definition) is 0. The van der Waals surface area contributed by atoms with Gasteiger partial charge in [0.2, 0.25) is 6.79 Å². The van der Waals surface area contributed by atoms with E-state index < -0.39 is 5.92 Å². The van der Waals surface area contributed by atoms with Crippen molar-refractivity contribution in [3.63, 3.8) is 0 Å². The molecule has 0 fully saturated rings. The number of hydrogen-bond acceptors (Lipinski definition) is 4. The summed E-state index contributed by atoms with van der Waals surface area (Å²) in [7, 11) is 0. The molecule has 18 heavy (non-hydrogen) atoms. The number of ketones is 1. The van der Waals surface area contributed by atoms with Gasteiger partial charge in [-0.1, -0.05) is 13.8 Å². The first kappa shape index (κ1) is 12.4. The highest BCUT2D eigenvalue weighted by Crippen LogP contribution is 2.35. The molecule has 1 aliphatic rings. The molecule has 0 N–H and O–H groups in total. The predicted molar refractivity (Wildman–Crippen MR) is 65.6 cm³/mol. The van der Waals surface area contributed by atoms with Crippen molar-refractivity contribution in [2.75, 3.05) is 6.79 Å². The van der Waals surface area contributed by atoms with Crippen molar-refractivity contribution in [1.82, 2.24) is 0 Å².